The predicted molar refractivity (Wildman–Crippen MR) is 124 cm³/mol. The minimum atomic E-state index is -3.65. The van der Waals surface area contributed by atoms with Gasteiger partial charge in [0.1, 0.15) is 0 Å². The van der Waals surface area contributed by atoms with Crippen LogP contribution in [0.4, 0.5) is 10.5 Å². The Kier molecular flexibility index (Phi) is 5.63. The van der Waals surface area contributed by atoms with E-state index in [4.69, 9.17) is 9.47 Å². The predicted octanol–water partition coefficient (Wildman–Crippen LogP) is 3.32. The summed E-state index contributed by atoms with van der Waals surface area (Å²) in [5.74, 6) is 1.24. The molecular formula is C23H26N4O5S. The lowest BCUT2D eigenvalue weighted by molar-refractivity contribution is 0.174. The number of fused-ring (bicyclic) bond motifs is 2. The van der Waals surface area contributed by atoms with Gasteiger partial charge in [-0.2, -0.15) is 4.31 Å². The summed E-state index contributed by atoms with van der Waals surface area (Å²) in [7, 11) is -3.65. The van der Waals surface area contributed by atoms with Crippen LogP contribution in [0, 0.1) is 0 Å². The highest BCUT2D eigenvalue weighted by Gasteiger charge is 2.29. The molecule has 2 aliphatic rings. The standard InChI is InChI=1S/C23H26N4O5S/c1-2-25-11-8-17-14-19(5-6-20(17)25)33(29,30)27-10-3-9-26(12-13-27)23(28)24-18-4-7-21-22(15-18)32-16-31-21/h4-8,11,14-15H,2-3,9-10,12-13,16H2,1H3,(H,24,28). The summed E-state index contributed by atoms with van der Waals surface area (Å²) >= 11 is 0. The summed E-state index contributed by atoms with van der Waals surface area (Å²) in [6, 6.07) is 12.1. The third-order valence-electron chi connectivity index (χ3n) is 6.09. The maximum atomic E-state index is 13.3. The first-order valence-electron chi connectivity index (χ1n) is 11.0. The van der Waals surface area contributed by atoms with Crippen LogP contribution >= 0.6 is 0 Å². The second kappa shape index (κ2) is 8.60. The van der Waals surface area contributed by atoms with E-state index in [1.54, 1.807) is 35.2 Å². The Hall–Kier alpha value is -3.24. The van der Waals surface area contributed by atoms with Gasteiger partial charge in [0, 0.05) is 61.6 Å². The van der Waals surface area contributed by atoms with Crippen LogP contribution in [0.5, 0.6) is 11.5 Å². The van der Waals surface area contributed by atoms with Crippen LogP contribution in [0.15, 0.2) is 53.6 Å². The van der Waals surface area contributed by atoms with Gasteiger partial charge < -0.3 is 24.3 Å². The molecular weight excluding hydrogens is 444 g/mol. The molecule has 10 heteroatoms. The molecule has 0 unspecified atom stereocenters. The molecule has 2 amide bonds. The van der Waals surface area contributed by atoms with Gasteiger partial charge in [-0.15, -0.1) is 0 Å². The smallest absolute Gasteiger partial charge is 0.321 e. The van der Waals surface area contributed by atoms with Crippen molar-refractivity contribution in [2.24, 2.45) is 0 Å². The maximum Gasteiger partial charge on any atom is 0.321 e. The van der Waals surface area contributed by atoms with Crippen LogP contribution in [0.25, 0.3) is 10.9 Å². The number of amides is 2. The van der Waals surface area contributed by atoms with Gasteiger partial charge in [0.05, 0.1) is 4.90 Å². The molecule has 2 aromatic carbocycles. The van der Waals surface area contributed by atoms with E-state index in [1.807, 2.05) is 18.3 Å². The summed E-state index contributed by atoms with van der Waals surface area (Å²) < 4.78 is 40.8. The second-order valence-corrected chi connectivity index (χ2v) is 10.0. The largest absolute Gasteiger partial charge is 0.454 e. The lowest BCUT2D eigenvalue weighted by atomic mass is 10.2. The molecule has 33 heavy (non-hydrogen) atoms. The summed E-state index contributed by atoms with van der Waals surface area (Å²) in [6.07, 6.45) is 2.52. The fraction of sp³-hybridized carbons (Fsp3) is 0.348. The van der Waals surface area contributed by atoms with Crippen molar-refractivity contribution in [3.63, 3.8) is 0 Å². The van der Waals surface area contributed by atoms with Gasteiger partial charge in [0.2, 0.25) is 16.8 Å². The fourth-order valence-electron chi connectivity index (χ4n) is 4.28. The molecule has 2 aliphatic heterocycles. The van der Waals surface area contributed by atoms with Crippen molar-refractivity contribution in [1.29, 1.82) is 0 Å². The number of aromatic nitrogens is 1. The molecule has 3 heterocycles. The average Bonchev–Trinajstić information content (AvgIpc) is 3.37. The number of anilines is 1. The third-order valence-corrected chi connectivity index (χ3v) is 7.98. The molecule has 1 fully saturated rings. The summed E-state index contributed by atoms with van der Waals surface area (Å²) in [6.45, 7) is 4.43. The molecule has 0 bridgehead atoms. The number of sulfonamides is 1. The number of carbonyl (C=O) groups excluding carboxylic acids is 1. The van der Waals surface area contributed by atoms with E-state index in [0.29, 0.717) is 43.2 Å². The Bertz CT molecular complexity index is 1300. The van der Waals surface area contributed by atoms with Gasteiger partial charge in [-0.25, -0.2) is 13.2 Å². The number of benzene rings is 2. The molecule has 1 N–H and O–H groups in total. The molecule has 3 aromatic rings. The van der Waals surface area contributed by atoms with Crippen LogP contribution < -0.4 is 14.8 Å². The van der Waals surface area contributed by atoms with E-state index in [0.717, 1.165) is 17.4 Å². The molecule has 1 saturated heterocycles. The molecule has 174 valence electrons. The molecule has 0 spiro atoms. The van der Waals surface area contributed by atoms with Gasteiger partial charge in [-0.1, -0.05) is 0 Å². The minimum absolute atomic E-state index is 0.167. The first-order chi connectivity index (χ1) is 16.0. The van der Waals surface area contributed by atoms with Crippen LogP contribution in [0.2, 0.25) is 0 Å². The Morgan fingerprint density at radius 1 is 1.00 bits per heavy atom. The molecule has 1 aromatic heterocycles. The second-order valence-electron chi connectivity index (χ2n) is 8.07. The first-order valence-corrected chi connectivity index (χ1v) is 12.4. The zero-order chi connectivity index (χ0) is 23.0. The molecule has 0 radical (unpaired) electrons. The van der Waals surface area contributed by atoms with Gasteiger partial charge in [-0.3, -0.25) is 0 Å². The molecule has 0 saturated carbocycles. The van der Waals surface area contributed by atoms with Crippen molar-refractivity contribution in [3.8, 4) is 11.5 Å². The molecule has 5 rings (SSSR count). The average molecular weight is 471 g/mol. The number of nitrogens with zero attached hydrogens (tertiary/aromatic N) is 3. The molecule has 9 nitrogen and oxygen atoms in total. The van der Waals surface area contributed by atoms with E-state index in [-0.39, 0.29) is 24.3 Å². The Morgan fingerprint density at radius 3 is 2.70 bits per heavy atom. The van der Waals surface area contributed by atoms with E-state index >= 15 is 0 Å². The fourth-order valence-corrected chi connectivity index (χ4v) is 5.78. The SMILES string of the molecule is CCn1ccc2cc(S(=O)(=O)N3CCCN(C(=O)Nc4ccc5c(c4)OCO5)CC3)ccc21. The monoisotopic (exact) mass is 470 g/mol. The summed E-state index contributed by atoms with van der Waals surface area (Å²) in [5.41, 5.74) is 1.61. The summed E-state index contributed by atoms with van der Waals surface area (Å²) in [5, 5.41) is 3.76. The highest BCUT2D eigenvalue weighted by molar-refractivity contribution is 7.89. The summed E-state index contributed by atoms with van der Waals surface area (Å²) in [4.78, 5) is 14.7. The van der Waals surface area contributed by atoms with E-state index in [2.05, 4.69) is 16.8 Å². The first kappa shape index (κ1) is 21.6. The number of aryl methyl sites for hydroxylation is 1. The topological polar surface area (TPSA) is 93.1 Å². The van der Waals surface area contributed by atoms with E-state index < -0.39 is 10.0 Å². The van der Waals surface area contributed by atoms with Crippen LogP contribution in [-0.2, 0) is 16.6 Å². The molecule has 0 atom stereocenters. The zero-order valence-electron chi connectivity index (χ0n) is 18.4. The minimum Gasteiger partial charge on any atom is -0.454 e. The van der Waals surface area contributed by atoms with Crippen molar-refractivity contribution in [3.05, 3.63) is 48.7 Å². The lowest BCUT2D eigenvalue weighted by Crippen LogP contribution is -2.39. The highest BCUT2D eigenvalue weighted by atomic mass is 32.2. The quantitative estimate of drug-likeness (QED) is 0.632. The number of urea groups is 1. The van der Waals surface area contributed by atoms with Gasteiger partial charge in [0.15, 0.2) is 11.5 Å². The van der Waals surface area contributed by atoms with Crippen molar-refractivity contribution in [2.45, 2.75) is 24.8 Å². The van der Waals surface area contributed by atoms with Crippen LogP contribution in [-0.4, -0.2) is 61.2 Å². The van der Waals surface area contributed by atoms with Gasteiger partial charge in [0.25, 0.3) is 0 Å². The lowest BCUT2D eigenvalue weighted by Gasteiger charge is -2.22. The highest BCUT2D eigenvalue weighted by Crippen LogP contribution is 2.34. The maximum absolute atomic E-state index is 13.3. The number of nitrogens with one attached hydrogen (secondary N) is 1. The number of hydrogen-bond acceptors (Lipinski definition) is 5. The third kappa shape index (κ3) is 4.11. The Balaban J connectivity index is 1.27. The van der Waals surface area contributed by atoms with Crippen LogP contribution in [0.1, 0.15) is 13.3 Å². The van der Waals surface area contributed by atoms with Crippen molar-refractivity contribution in [2.75, 3.05) is 38.3 Å². The normalized spacial score (nSPS) is 16.7. The van der Waals surface area contributed by atoms with Gasteiger partial charge in [-0.05, 0) is 49.7 Å². The van der Waals surface area contributed by atoms with Crippen LogP contribution in [0.3, 0.4) is 0 Å². The molecule has 0 aliphatic carbocycles. The number of hydrogen-bond donors (Lipinski definition) is 1. The van der Waals surface area contributed by atoms with Crippen molar-refractivity contribution < 1.29 is 22.7 Å². The van der Waals surface area contributed by atoms with Gasteiger partial charge >= 0.3 is 6.03 Å². The Morgan fingerprint density at radius 2 is 1.85 bits per heavy atom. The number of ether oxygens (including phenoxy) is 2. The number of rotatable bonds is 4. The van der Waals surface area contributed by atoms with Crippen molar-refractivity contribution >= 4 is 32.6 Å². The van der Waals surface area contributed by atoms with E-state index in [1.165, 1.54) is 4.31 Å². The number of carbonyl (C=O) groups is 1. The zero-order valence-corrected chi connectivity index (χ0v) is 19.2. The van der Waals surface area contributed by atoms with E-state index in [9.17, 15) is 13.2 Å². The Labute approximate surface area is 192 Å². The van der Waals surface area contributed by atoms with Crippen molar-refractivity contribution in [1.82, 2.24) is 13.8 Å².